The second kappa shape index (κ2) is 7.45. The average Bonchev–Trinajstić information content (AvgIpc) is 2.99. The maximum atomic E-state index is 5.96. The Labute approximate surface area is 137 Å². The minimum atomic E-state index is -0.0201. The lowest BCUT2D eigenvalue weighted by atomic mass is 9.84. The van der Waals surface area contributed by atoms with Gasteiger partial charge in [-0.2, -0.15) is 0 Å². The van der Waals surface area contributed by atoms with Crippen molar-refractivity contribution in [2.24, 2.45) is 10.7 Å². The first-order chi connectivity index (χ1) is 10.5. The highest BCUT2D eigenvalue weighted by atomic mass is 32.1. The third-order valence-electron chi connectivity index (χ3n) is 3.74. The molecule has 0 amide bonds. The molecule has 0 atom stereocenters. The molecule has 3 nitrogen and oxygen atoms in total. The van der Waals surface area contributed by atoms with Gasteiger partial charge in [0.2, 0.25) is 0 Å². The Morgan fingerprint density at radius 3 is 2.59 bits per heavy atom. The molecule has 1 heterocycles. The minimum Gasteiger partial charge on any atom is -0.370 e. The summed E-state index contributed by atoms with van der Waals surface area (Å²) >= 11 is 1.77. The highest BCUT2D eigenvalue weighted by molar-refractivity contribution is 7.09. The van der Waals surface area contributed by atoms with E-state index in [9.17, 15) is 0 Å². The molecule has 2 aromatic rings. The Morgan fingerprint density at radius 1 is 1.23 bits per heavy atom. The van der Waals surface area contributed by atoms with Crippen LogP contribution in [-0.2, 0) is 11.8 Å². The van der Waals surface area contributed by atoms with Gasteiger partial charge in [-0.1, -0.05) is 49.7 Å². The van der Waals surface area contributed by atoms with Crippen LogP contribution in [0.25, 0.3) is 0 Å². The molecular weight excluding hydrogens is 290 g/mol. The first-order valence-electron chi connectivity index (χ1n) is 7.61. The van der Waals surface area contributed by atoms with Crippen LogP contribution in [0, 0.1) is 6.92 Å². The zero-order chi connectivity index (χ0) is 16.0. The molecule has 0 aliphatic carbocycles. The van der Waals surface area contributed by atoms with E-state index in [1.54, 1.807) is 11.3 Å². The zero-order valence-electron chi connectivity index (χ0n) is 13.6. The van der Waals surface area contributed by atoms with E-state index in [1.807, 2.05) is 0 Å². The summed E-state index contributed by atoms with van der Waals surface area (Å²) in [7, 11) is 0. The predicted octanol–water partition coefficient (Wildman–Crippen LogP) is 3.48. The summed E-state index contributed by atoms with van der Waals surface area (Å²) in [6.07, 6.45) is 0.981. The second-order valence-corrected chi connectivity index (χ2v) is 7.24. The molecule has 0 fully saturated rings. The fraction of sp³-hybridized carbons (Fsp3) is 0.389. The molecule has 0 radical (unpaired) electrons. The molecule has 0 spiro atoms. The van der Waals surface area contributed by atoms with Crippen molar-refractivity contribution in [3.8, 4) is 0 Å². The number of nitrogens with zero attached hydrogens (tertiary/aromatic N) is 1. The molecular formula is C18H25N3S. The summed E-state index contributed by atoms with van der Waals surface area (Å²) < 4.78 is 0. The van der Waals surface area contributed by atoms with Crippen molar-refractivity contribution in [2.45, 2.75) is 32.6 Å². The van der Waals surface area contributed by atoms with Gasteiger partial charge in [-0.15, -0.1) is 11.3 Å². The maximum absolute atomic E-state index is 5.96. The highest BCUT2D eigenvalue weighted by Crippen LogP contribution is 2.23. The smallest absolute Gasteiger partial charge is 0.188 e. The number of guanidine groups is 1. The van der Waals surface area contributed by atoms with Gasteiger partial charge in [0.05, 0.1) is 6.54 Å². The van der Waals surface area contributed by atoms with Crippen LogP contribution in [0.4, 0.5) is 0 Å². The molecule has 2 rings (SSSR count). The van der Waals surface area contributed by atoms with E-state index >= 15 is 0 Å². The number of aryl methyl sites for hydroxylation is 1. The fourth-order valence-corrected chi connectivity index (χ4v) is 2.91. The van der Waals surface area contributed by atoms with Gasteiger partial charge in [-0.3, -0.25) is 4.99 Å². The third kappa shape index (κ3) is 4.88. The van der Waals surface area contributed by atoms with Crippen LogP contribution in [-0.4, -0.2) is 19.0 Å². The summed E-state index contributed by atoms with van der Waals surface area (Å²) in [6, 6.07) is 12.8. The van der Waals surface area contributed by atoms with Gasteiger partial charge < -0.3 is 11.1 Å². The maximum Gasteiger partial charge on any atom is 0.188 e. The second-order valence-electron chi connectivity index (χ2n) is 6.21. The lowest BCUT2D eigenvalue weighted by molar-refractivity contribution is 0.538. The highest BCUT2D eigenvalue weighted by Gasteiger charge is 2.19. The summed E-state index contributed by atoms with van der Waals surface area (Å²) in [6.45, 7) is 7.99. The molecule has 0 aliphatic heterocycles. The molecule has 0 unspecified atom stereocenters. The molecule has 0 bridgehead atoms. The molecule has 0 aliphatic rings. The van der Waals surface area contributed by atoms with E-state index in [2.05, 4.69) is 72.9 Å². The molecule has 1 aromatic heterocycles. The minimum absolute atomic E-state index is 0.0201. The molecule has 4 heteroatoms. The van der Waals surface area contributed by atoms with E-state index in [-0.39, 0.29) is 5.41 Å². The van der Waals surface area contributed by atoms with Gasteiger partial charge in [0.15, 0.2) is 5.96 Å². The number of hydrogen-bond acceptors (Lipinski definition) is 2. The largest absolute Gasteiger partial charge is 0.370 e. The van der Waals surface area contributed by atoms with Crippen molar-refractivity contribution in [2.75, 3.05) is 13.1 Å². The Kier molecular flexibility index (Phi) is 5.61. The molecule has 0 saturated heterocycles. The van der Waals surface area contributed by atoms with Gasteiger partial charge in [0.1, 0.15) is 0 Å². The van der Waals surface area contributed by atoms with Crippen LogP contribution in [0.3, 0.4) is 0 Å². The SMILES string of the molecule is Cc1ccc(C(C)(C)CN=C(N)NCCc2cccs2)cc1. The van der Waals surface area contributed by atoms with E-state index in [4.69, 9.17) is 5.73 Å². The molecule has 22 heavy (non-hydrogen) atoms. The van der Waals surface area contributed by atoms with Gasteiger partial charge in [-0.25, -0.2) is 0 Å². The van der Waals surface area contributed by atoms with E-state index < -0.39 is 0 Å². The summed E-state index contributed by atoms with van der Waals surface area (Å²) in [5.74, 6) is 0.525. The molecule has 1 aromatic carbocycles. The average molecular weight is 315 g/mol. The van der Waals surface area contributed by atoms with Crippen molar-refractivity contribution in [1.29, 1.82) is 0 Å². The number of nitrogens with one attached hydrogen (secondary N) is 1. The Balaban J connectivity index is 1.84. The van der Waals surface area contributed by atoms with Crippen LogP contribution in [0.15, 0.2) is 46.8 Å². The van der Waals surface area contributed by atoms with Crippen molar-refractivity contribution < 1.29 is 0 Å². The van der Waals surface area contributed by atoms with Gasteiger partial charge in [-0.05, 0) is 30.4 Å². The standard InChI is InChI=1S/C18H25N3S/c1-14-6-8-15(9-7-14)18(2,3)13-21-17(19)20-11-10-16-5-4-12-22-16/h4-9,12H,10-11,13H2,1-3H3,(H3,19,20,21). The number of thiophene rings is 1. The zero-order valence-corrected chi connectivity index (χ0v) is 14.4. The number of nitrogens with two attached hydrogens (primary N) is 1. The van der Waals surface area contributed by atoms with Crippen molar-refractivity contribution in [1.82, 2.24) is 5.32 Å². The van der Waals surface area contributed by atoms with Crippen LogP contribution in [0.5, 0.6) is 0 Å². The third-order valence-corrected chi connectivity index (χ3v) is 4.67. The number of aliphatic imine (C=N–C) groups is 1. The number of benzene rings is 1. The molecule has 118 valence electrons. The van der Waals surface area contributed by atoms with E-state index in [1.165, 1.54) is 16.0 Å². The summed E-state index contributed by atoms with van der Waals surface area (Å²) in [5.41, 5.74) is 8.51. The molecule has 0 saturated carbocycles. The monoisotopic (exact) mass is 315 g/mol. The normalized spacial score (nSPS) is 12.4. The quantitative estimate of drug-likeness (QED) is 0.633. The van der Waals surface area contributed by atoms with Gasteiger partial charge >= 0.3 is 0 Å². The lowest BCUT2D eigenvalue weighted by Gasteiger charge is -2.23. The van der Waals surface area contributed by atoms with E-state index in [0.717, 1.165) is 13.0 Å². The van der Waals surface area contributed by atoms with Gasteiger partial charge in [0.25, 0.3) is 0 Å². The first kappa shape index (κ1) is 16.6. The summed E-state index contributed by atoms with van der Waals surface area (Å²) in [4.78, 5) is 5.86. The van der Waals surface area contributed by atoms with Crippen LogP contribution in [0.2, 0.25) is 0 Å². The van der Waals surface area contributed by atoms with Gasteiger partial charge in [0, 0.05) is 16.8 Å². The Hall–Kier alpha value is -1.81. The van der Waals surface area contributed by atoms with Crippen LogP contribution >= 0.6 is 11.3 Å². The molecule has 3 N–H and O–H groups in total. The van der Waals surface area contributed by atoms with Crippen LogP contribution < -0.4 is 11.1 Å². The van der Waals surface area contributed by atoms with Crippen molar-refractivity contribution in [3.05, 3.63) is 57.8 Å². The topological polar surface area (TPSA) is 50.4 Å². The van der Waals surface area contributed by atoms with E-state index in [0.29, 0.717) is 12.5 Å². The lowest BCUT2D eigenvalue weighted by Crippen LogP contribution is -2.35. The first-order valence-corrected chi connectivity index (χ1v) is 8.49. The predicted molar refractivity (Wildman–Crippen MR) is 96.7 cm³/mol. The summed E-state index contributed by atoms with van der Waals surface area (Å²) in [5, 5.41) is 5.28. The Bertz CT molecular complexity index is 598. The fourth-order valence-electron chi connectivity index (χ4n) is 2.20. The van der Waals surface area contributed by atoms with Crippen molar-refractivity contribution >= 4 is 17.3 Å². The number of rotatable bonds is 6. The Morgan fingerprint density at radius 2 is 1.95 bits per heavy atom. The number of hydrogen-bond donors (Lipinski definition) is 2. The van der Waals surface area contributed by atoms with Crippen LogP contribution in [0.1, 0.15) is 29.9 Å². The van der Waals surface area contributed by atoms with Crippen molar-refractivity contribution in [3.63, 3.8) is 0 Å².